The van der Waals surface area contributed by atoms with E-state index in [1.54, 1.807) is 6.20 Å². The van der Waals surface area contributed by atoms with Crippen LogP contribution in [0.25, 0.3) is 0 Å². The number of nitrogens with one attached hydrogen (secondary N) is 2. The van der Waals surface area contributed by atoms with Gasteiger partial charge in [-0.25, -0.2) is 9.97 Å². The van der Waals surface area contributed by atoms with Gasteiger partial charge in [-0.1, -0.05) is 6.92 Å². The largest absolute Gasteiger partial charge is 0.444 e. The van der Waals surface area contributed by atoms with E-state index in [2.05, 4.69) is 20.6 Å². The molecule has 8 nitrogen and oxygen atoms in total. The van der Waals surface area contributed by atoms with Crippen molar-refractivity contribution in [3.8, 4) is 0 Å². The molecule has 8 heteroatoms. The van der Waals surface area contributed by atoms with E-state index >= 15 is 0 Å². The minimum atomic E-state index is -0.450. The summed E-state index contributed by atoms with van der Waals surface area (Å²) in [5, 5.41) is 16.9. The van der Waals surface area contributed by atoms with Gasteiger partial charge in [-0.15, -0.1) is 0 Å². The first-order chi connectivity index (χ1) is 10.1. The fraction of sp³-hybridized carbons (Fsp3) is 0.385. The summed E-state index contributed by atoms with van der Waals surface area (Å²) in [6.45, 7) is 4.82. The van der Waals surface area contributed by atoms with Gasteiger partial charge in [-0.2, -0.15) is 0 Å². The molecular formula is C13H17N5O3. The zero-order chi connectivity index (χ0) is 15.2. The monoisotopic (exact) mass is 291 g/mol. The average molecular weight is 291 g/mol. The number of anilines is 2. The highest BCUT2D eigenvalue weighted by molar-refractivity contribution is 5.54. The third kappa shape index (κ3) is 3.91. The summed E-state index contributed by atoms with van der Waals surface area (Å²) in [4.78, 5) is 18.8. The SMILES string of the molecule is CCNc1cc([N+](=O)[O-])cc(NCc2ncc(CC)o2)n1. The molecule has 21 heavy (non-hydrogen) atoms. The molecule has 0 aliphatic carbocycles. The molecule has 2 heterocycles. The van der Waals surface area contributed by atoms with Crippen LogP contribution in [0.4, 0.5) is 17.3 Å². The van der Waals surface area contributed by atoms with Crippen LogP contribution in [-0.4, -0.2) is 21.4 Å². The van der Waals surface area contributed by atoms with Gasteiger partial charge in [0.1, 0.15) is 17.4 Å². The van der Waals surface area contributed by atoms with Crippen LogP contribution in [0.5, 0.6) is 0 Å². The van der Waals surface area contributed by atoms with Crippen molar-refractivity contribution >= 4 is 17.3 Å². The molecule has 2 rings (SSSR count). The van der Waals surface area contributed by atoms with Crippen LogP contribution in [0.2, 0.25) is 0 Å². The minimum Gasteiger partial charge on any atom is -0.444 e. The number of oxazole rings is 1. The molecule has 0 bridgehead atoms. The Labute approximate surface area is 121 Å². The lowest BCUT2D eigenvalue weighted by Gasteiger charge is -2.07. The maximum atomic E-state index is 10.9. The van der Waals surface area contributed by atoms with Crippen LogP contribution in [-0.2, 0) is 13.0 Å². The van der Waals surface area contributed by atoms with E-state index in [4.69, 9.17) is 4.42 Å². The molecule has 0 atom stereocenters. The van der Waals surface area contributed by atoms with Crippen molar-refractivity contribution in [1.29, 1.82) is 0 Å². The maximum absolute atomic E-state index is 10.9. The van der Waals surface area contributed by atoms with E-state index in [9.17, 15) is 10.1 Å². The lowest BCUT2D eigenvalue weighted by atomic mass is 10.3. The number of aryl methyl sites for hydroxylation is 1. The van der Waals surface area contributed by atoms with Crippen molar-refractivity contribution in [3.05, 3.63) is 40.1 Å². The van der Waals surface area contributed by atoms with Gasteiger partial charge in [-0.05, 0) is 6.92 Å². The van der Waals surface area contributed by atoms with Gasteiger partial charge in [0.2, 0.25) is 5.89 Å². The van der Waals surface area contributed by atoms with Crippen molar-refractivity contribution in [3.63, 3.8) is 0 Å². The van der Waals surface area contributed by atoms with Crippen molar-refractivity contribution in [2.24, 2.45) is 0 Å². The molecule has 0 aliphatic heterocycles. The number of hydrogen-bond acceptors (Lipinski definition) is 7. The van der Waals surface area contributed by atoms with Crippen molar-refractivity contribution < 1.29 is 9.34 Å². The summed E-state index contributed by atoms with van der Waals surface area (Å²) >= 11 is 0. The Hall–Kier alpha value is -2.64. The van der Waals surface area contributed by atoms with Gasteiger partial charge in [0.25, 0.3) is 5.69 Å². The van der Waals surface area contributed by atoms with E-state index in [1.165, 1.54) is 12.1 Å². The molecule has 0 saturated carbocycles. The van der Waals surface area contributed by atoms with Gasteiger partial charge in [0.05, 0.1) is 29.8 Å². The number of hydrogen-bond donors (Lipinski definition) is 2. The molecule has 0 saturated heterocycles. The van der Waals surface area contributed by atoms with Gasteiger partial charge >= 0.3 is 0 Å². The molecule has 2 N–H and O–H groups in total. The highest BCUT2D eigenvalue weighted by atomic mass is 16.6. The molecular weight excluding hydrogens is 274 g/mol. The molecule has 0 radical (unpaired) electrons. The van der Waals surface area contributed by atoms with E-state index in [0.29, 0.717) is 30.6 Å². The Morgan fingerprint density at radius 3 is 2.57 bits per heavy atom. The van der Waals surface area contributed by atoms with Gasteiger partial charge in [-0.3, -0.25) is 10.1 Å². The molecule has 2 aromatic heterocycles. The predicted octanol–water partition coefficient (Wildman–Crippen LogP) is 2.58. The minimum absolute atomic E-state index is 0.0231. The van der Waals surface area contributed by atoms with E-state index in [-0.39, 0.29) is 5.69 Å². The Kier molecular flexibility index (Phi) is 4.70. The number of rotatable bonds is 7. The number of nitrogens with zero attached hydrogens (tertiary/aromatic N) is 3. The predicted molar refractivity (Wildman–Crippen MR) is 78.3 cm³/mol. The highest BCUT2D eigenvalue weighted by Crippen LogP contribution is 2.21. The molecule has 0 unspecified atom stereocenters. The molecule has 112 valence electrons. The van der Waals surface area contributed by atoms with Gasteiger partial charge in [0, 0.05) is 13.0 Å². The average Bonchev–Trinajstić information content (AvgIpc) is 2.93. The highest BCUT2D eigenvalue weighted by Gasteiger charge is 2.11. The second-order valence-corrected chi connectivity index (χ2v) is 4.31. The first-order valence-corrected chi connectivity index (χ1v) is 6.70. The second-order valence-electron chi connectivity index (χ2n) is 4.31. The standard InChI is InChI=1S/C13H17N5O3/c1-3-10-7-16-13(21-10)8-15-12-6-9(18(19)20)5-11(17-12)14-4-2/h5-7H,3-4,8H2,1-2H3,(H2,14,15,17). The van der Waals surface area contributed by atoms with Crippen LogP contribution < -0.4 is 10.6 Å². The van der Waals surface area contributed by atoms with Crippen LogP contribution >= 0.6 is 0 Å². The molecule has 2 aromatic rings. The zero-order valence-corrected chi connectivity index (χ0v) is 11.9. The van der Waals surface area contributed by atoms with Crippen LogP contribution in [0, 0.1) is 10.1 Å². The first-order valence-electron chi connectivity index (χ1n) is 6.70. The molecule has 0 spiro atoms. The second kappa shape index (κ2) is 6.69. The quantitative estimate of drug-likeness (QED) is 0.596. The summed E-state index contributed by atoms with van der Waals surface area (Å²) in [7, 11) is 0. The van der Waals surface area contributed by atoms with Gasteiger partial charge in [0.15, 0.2) is 0 Å². The molecule has 0 amide bonds. The fourth-order valence-corrected chi connectivity index (χ4v) is 1.74. The Bertz CT molecular complexity index is 626. The number of aromatic nitrogens is 2. The lowest BCUT2D eigenvalue weighted by Crippen LogP contribution is -2.06. The van der Waals surface area contributed by atoms with Crippen LogP contribution in [0.3, 0.4) is 0 Å². The smallest absolute Gasteiger partial charge is 0.276 e. The van der Waals surface area contributed by atoms with E-state index < -0.39 is 4.92 Å². The third-order valence-electron chi connectivity index (χ3n) is 2.75. The summed E-state index contributed by atoms with van der Waals surface area (Å²) in [6.07, 6.45) is 2.44. The summed E-state index contributed by atoms with van der Waals surface area (Å²) in [6, 6.07) is 2.78. The normalized spacial score (nSPS) is 10.4. The van der Waals surface area contributed by atoms with Crippen LogP contribution in [0.1, 0.15) is 25.5 Å². The number of pyridine rings is 1. The lowest BCUT2D eigenvalue weighted by molar-refractivity contribution is -0.384. The van der Waals surface area contributed by atoms with Crippen molar-refractivity contribution in [2.45, 2.75) is 26.8 Å². The van der Waals surface area contributed by atoms with Crippen molar-refractivity contribution in [1.82, 2.24) is 9.97 Å². The molecule has 0 fully saturated rings. The zero-order valence-electron chi connectivity index (χ0n) is 11.9. The number of nitro groups is 1. The Morgan fingerprint density at radius 1 is 1.29 bits per heavy atom. The van der Waals surface area contributed by atoms with E-state index in [0.717, 1.165) is 12.2 Å². The third-order valence-corrected chi connectivity index (χ3v) is 2.75. The Balaban J connectivity index is 2.12. The fourth-order valence-electron chi connectivity index (χ4n) is 1.74. The van der Waals surface area contributed by atoms with Crippen LogP contribution in [0.15, 0.2) is 22.7 Å². The molecule has 0 aromatic carbocycles. The van der Waals surface area contributed by atoms with Gasteiger partial charge < -0.3 is 15.1 Å². The molecule has 0 aliphatic rings. The Morgan fingerprint density at radius 2 is 2.00 bits per heavy atom. The topological polar surface area (TPSA) is 106 Å². The summed E-state index contributed by atoms with van der Waals surface area (Å²) < 4.78 is 5.46. The summed E-state index contributed by atoms with van der Waals surface area (Å²) in [5.74, 6) is 2.17. The van der Waals surface area contributed by atoms with Crippen molar-refractivity contribution in [2.75, 3.05) is 17.2 Å². The summed E-state index contributed by atoms with van der Waals surface area (Å²) in [5.41, 5.74) is -0.0231. The van der Waals surface area contributed by atoms with E-state index in [1.807, 2.05) is 13.8 Å². The maximum Gasteiger partial charge on any atom is 0.276 e. The first kappa shape index (κ1) is 14.8.